The molecule has 0 atom stereocenters. The SMILES string of the molecule is CC(C)(C)c1ccc(N2c3cc4c(cc3B3c5sc6cc7c(cc6c5N(c5ccccc5)c5cc(N(c6ccccc6)c6ccc([Si](C)(C)C)cc6)cc2c53)C(C)(C)CCC7(C)C)C(C)(C)CCC4(C)C)cc1. The van der Waals surface area contributed by atoms with Gasteiger partial charge in [0, 0.05) is 54.7 Å². The molecule has 3 heterocycles. The second-order valence-electron chi connectivity index (χ2n) is 26.8. The minimum atomic E-state index is -1.56. The molecule has 3 nitrogen and oxygen atoms in total. The van der Waals surface area contributed by atoms with Crippen LogP contribution in [0.3, 0.4) is 0 Å². The molecule has 0 fully saturated rings. The van der Waals surface area contributed by atoms with Crippen molar-refractivity contribution >= 4 is 108 Å². The van der Waals surface area contributed by atoms with Gasteiger partial charge < -0.3 is 14.7 Å². The maximum Gasteiger partial charge on any atom is 0.264 e. The Labute approximate surface area is 442 Å². The molecule has 4 aliphatic rings. The van der Waals surface area contributed by atoms with Gasteiger partial charge in [0.1, 0.15) is 0 Å². The minimum Gasteiger partial charge on any atom is -0.311 e. The molecule has 8 aromatic rings. The first-order valence-corrected chi connectivity index (χ1v) is 31.4. The fourth-order valence-electron chi connectivity index (χ4n) is 13.1. The van der Waals surface area contributed by atoms with Crippen LogP contribution in [0.1, 0.15) is 130 Å². The normalized spacial score (nSPS) is 17.9. The van der Waals surface area contributed by atoms with Crippen molar-refractivity contribution in [1.29, 1.82) is 0 Å². The van der Waals surface area contributed by atoms with Gasteiger partial charge in [-0.3, -0.25) is 0 Å². The molecule has 370 valence electrons. The Kier molecular flexibility index (Phi) is 10.8. The van der Waals surface area contributed by atoms with Crippen LogP contribution in [0.15, 0.2) is 146 Å². The molecule has 0 saturated heterocycles. The number of para-hydroxylation sites is 2. The molecular formula is C67H74BN3SSi. The first-order valence-electron chi connectivity index (χ1n) is 27.1. The summed E-state index contributed by atoms with van der Waals surface area (Å²) in [5, 5.41) is 2.83. The van der Waals surface area contributed by atoms with E-state index in [-0.39, 0.29) is 33.8 Å². The Hall–Kier alpha value is -5.82. The quantitative estimate of drug-likeness (QED) is 0.154. The van der Waals surface area contributed by atoms with Crippen LogP contribution >= 0.6 is 11.3 Å². The summed E-state index contributed by atoms with van der Waals surface area (Å²) in [7, 11) is -1.56. The average molecular weight is 992 g/mol. The number of thiophene rings is 1. The lowest BCUT2D eigenvalue weighted by molar-refractivity contribution is 0.332. The monoisotopic (exact) mass is 992 g/mol. The van der Waals surface area contributed by atoms with Gasteiger partial charge in [-0.15, -0.1) is 11.3 Å². The summed E-state index contributed by atoms with van der Waals surface area (Å²) < 4.78 is 2.83. The fourth-order valence-corrected chi connectivity index (χ4v) is 15.6. The number of benzene rings is 7. The lowest BCUT2D eigenvalue weighted by Crippen LogP contribution is -2.61. The molecule has 0 unspecified atom stereocenters. The van der Waals surface area contributed by atoms with Crippen molar-refractivity contribution < 1.29 is 0 Å². The smallest absolute Gasteiger partial charge is 0.264 e. The number of hydrogen-bond donors (Lipinski definition) is 0. The molecular weight excluding hydrogens is 918 g/mol. The number of rotatable bonds is 6. The molecule has 6 heteroatoms. The molecule has 0 bridgehead atoms. The van der Waals surface area contributed by atoms with Crippen LogP contribution in [0.4, 0.5) is 51.2 Å². The summed E-state index contributed by atoms with van der Waals surface area (Å²) in [6, 6.07) is 57.2. The van der Waals surface area contributed by atoms with Gasteiger partial charge in [0.15, 0.2) is 0 Å². The molecule has 0 spiro atoms. The van der Waals surface area contributed by atoms with Gasteiger partial charge in [0.05, 0.1) is 19.4 Å². The molecule has 1 aromatic heterocycles. The zero-order chi connectivity index (χ0) is 51.4. The topological polar surface area (TPSA) is 9.72 Å². The number of hydrogen-bond acceptors (Lipinski definition) is 4. The molecule has 0 saturated carbocycles. The van der Waals surface area contributed by atoms with E-state index in [4.69, 9.17) is 0 Å². The molecule has 0 amide bonds. The van der Waals surface area contributed by atoms with E-state index in [2.05, 4.69) is 267 Å². The maximum atomic E-state index is 2.70. The molecule has 0 radical (unpaired) electrons. The third-order valence-electron chi connectivity index (χ3n) is 17.9. The minimum absolute atomic E-state index is 0.0110. The van der Waals surface area contributed by atoms with E-state index >= 15 is 0 Å². The van der Waals surface area contributed by atoms with E-state index < -0.39 is 8.07 Å². The number of anilines is 9. The Morgan fingerprint density at radius 1 is 0.507 bits per heavy atom. The van der Waals surface area contributed by atoms with Crippen LogP contribution in [0.25, 0.3) is 10.1 Å². The van der Waals surface area contributed by atoms with Crippen LogP contribution in [-0.4, -0.2) is 14.8 Å². The van der Waals surface area contributed by atoms with Crippen molar-refractivity contribution in [2.45, 2.75) is 149 Å². The van der Waals surface area contributed by atoms with Gasteiger partial charge in [0.25, 0.3) is 6.71 Å². The highest BCUT2D eigenvalue weighted by molar-refractivity contribution is 7.33. The average Bonchev–Trinajstić information content (AvgIpc) is 3.74. The Morgan fingerprint density at radius 2 is 1.00 bits per heavy atom. The van der Waals surface area contributed by atoms with Gasteiger partial charge in [-0.1, -0.05) is 168 Å². The molecule has 12 rings (SSSR count). The van der Waals surface area contributed by atoms with Gasteiger partial charge >= 0.3 is 0 Å². The highest BCUT2D eigenvalue weighted by Crippen LogP contribution is 2.55. The van der Waals surface area contributed by atoms with E-state index in [1.54, 1.807) is 0 Å². The van der Waals surface area contributed by atoms with Gasteiger partial charge in [-0.05, 0) is 170 Å². The molecule has 2 aliphatic carbocycles. The standard InChI is InChI=1S/C67H74BN3SSi/c1-63(2,3)43-25-27-47(28-26-43)70-56-41-53-52(65(6,7)34-35-66(53,8)9)40-55(56)68-60-57(70)37-48(69(44-21-17-15-18-22-44)46-29-31-49(32-30-46)73(12,13)14)38-58(60)71(45-23-19-16-20-24-45)61-50-39-51-54(42-59(50)72-62(61)68)67(10,11)36-33-64(51,4)5/h15-32,37-42H,33-36H2,1-14H3. The van der Waals surface area contributed by atoms with Gasteiger partial charge in [-0.2, -0.15) is 0 Å². The first-order chi connectivity index (χ1) is 34.4. The Bertz CT molecular complexity index is 3480. The maximum absolute atomic E-state index is 2.70. The van der Waals surface area contributed by atoms with Crippen LogP contribution in [0.5, 0.6) is 0 Å². The van der Waals surface area contributed by atoms with Crippen molar-refractivity contribution in [3.8, 4) is 0 Å². The zero-order valence-electron chi connectivity index (χ0n) is 46.0. The van der Waals surface area contributed by atoms with Gasteiger partial charge in [0.2, 0.25) is 0 Å². The number of fused-ring (bicyclic) bond motifs is 8. The first kappa shape index (κ1) is 48.1. The van der Waals surface area contributed by atoms with Crippen molar-refractivity contribution in [3.63, 3.8) is 0 Å². The predicted octanol–water partition coefficient (Wildman–Crippen LogP) is 17.0. The van der Waals surface area contributed by atoms with E-state index in [0.717, 1.165) is 23.5 Å². The van der Waals surface area contributed by atoms with Crippen molar-refractivity contribution in [2.75, 3.05) is 14.7 Å². The summed E-state index contributed by atoms with van der Waals surface area (Å²) in [6.07, 6.45) is 4.69. The Morgan fingerprint density at radius 3 is 1.56 bits per heavy atom. The second-order valence-corrected chi connectivity index (χ2v) is 33.0. The summed E-state index contributed by atoms with van der Waals surface area (Å²) in [4.78, 5) is 7.86. The van der Waals surface area contributed by atoms with Crippen LogP contribution in [0.2, 0.25) is 19.6 Å². The van der Waals surface area contributed by atoms with Crippen molar-refractivity contribution in [2.24, 2.45) is 0 Å². The van der Waals surface area contributed by atoms with E-state index in [1.807, 2.05) is 0 Å². The van der Waals surface area contributed by atoms with Crippen LogP contribution in [-0.2, 0) is 27.1 Å². The molecule has 2 aliphatic heterocycles. The lowest BCUT2D eigenvalue weighted by Gasteiger charge is -2.47. The summed E-state index contributed by atoms with van der Waals surface area (Å²) >= 11 is 2.05. The summed E-state index contributed by atoms with van der Waals surface area (Å²) in [5.74, 6) is 0. The highest BCUT2D eigenvalue weighted by atomic mass is 32.1. The molecule has 73 heavy (non-hydrogen) atoms. The Balaban J connectivity index is 1.24. The lowest BCUT2D eigenvalue weighted by atomic mass is 9.35. The van der Waals surface area contributed by atoms with E-state index in [9.17, 15) is 0 Å². The van der Waals surface area contributed by atoms with Crippen molar-refractivity contribution in [1.82, 2.24) is 0 Å². The summed E-state index contributed by atoms with van der Waals surface area (Å²) in [6.45, 7) is 34.2. The molecule has 7 aromatic carbocycles. The third kappa shape index (κ3) is 7.70. The number of nitrogens with zero attached hydrogens (tertiary/aromatic N) is 3. The van der Waals surface area contributed by atoms with Crippen LogP contribution < -0.4 is 35.6 Å². The zero-order valence-corrected chi connectivity index (χ0v) is 47.8. The van der Waals surface area contributed by atoms with Crippen molar-refractivity contribution in [3.05, 3.63) is 173 Å². The second kappa shape index (κ2) is 16.3. The van der Waals surface area contributed by atoms with E-state index in [1.165, 1.54) is 112 Å². The largest absolute Gasteiger partial charge is 0.311 e. The highest BCUT2D eigenvalue weighted by Gasteiger charge is 2.49. The predicted molar refractivity (Wildman–Crippen MR) is 323 cm³/mol. The van der Waals surface area contributed by atoms with Crippen LogP contribution in [0, 0.1) is 0 Å². The van der Waals surface area contributed by atoms with E-state index in [0.29, 0.717) is 0 Å². The fraction of sp³-hybridized carbons (Fsp3) is 0.343. The summed E-state index contributed by atoms with van der Waals surface area (Å²) in [5.41, 5.74) is 21.4. The third-order valence-corrected chi connectivity index (χ3v) is 21.1. The van der Waals surface area contributed by atoms with Gasteiger partial charge in [-0.25, -0.2) is 0 Å². The molecule has 0 N–H and O–H groups in total.